The second-order valence-corrected chi connectivity index (χ2v) is 5.05. The van der Waals surface area contributed by atoms with Crippen LogP contribution in [0.2, 0.25) is 5.02 Å². The van der Waals surface area contributed by atoms with Gasteiger partial charge in [-0.15, -0.1) is 12.4 Å². The Bertz CT molecular complexity index is 403. The predicted molar refractivity (Wildman–Crippen MR) is 89.3 cm³/mol. The van der Waals surface area contributed by atoms with Crippen LogP contribution < -0.4 is 15.8 Å². The number of hydrogen-bond donors (Lipinski definition) is 2. The second-order valence-electron chi connectivity index (χ2n) is 4.61. The van der Waals surface area contributed by atoms with Crippen LogP contribution in [0.4, 0.5) is 0 Å². The van der Waals surface area contributed by atoms with Gasteiger partial charge in [-0.1, -0.05) is 30.5 Å². The monoisotopic (exact) mass is 334 g/mol. The highest BCUT2D eigenvalue weighted by molar-refractivity contribution is 6.30. The second kappa shape index (κ2) is 12.7. The summed E-state index contributed by atoms with van der Waals surface area (Å²) in [5, 5.41) is 3.48. The zero-order chi connectivity index (χ0) is 14.6. The van der Waals surface area contributed by atoms with E-state index in [4.69, 9.17) is 22.1 Å². The number of carbonyl (C=O) groups is 1. The summed E-state index contributed by atoms with van der Waals surface area (Å²) in [4.78, 5) is 11.5. The third-order valence-corrected chi connectivity index (χ3v) is 3.08. The predicted octanol–water partition coefficient (Wildman–Crippen LogP) is 3.17. The summed E-state index contributed by atoms with van der Waals surface area (Å²) >= 11 is 5.84. The summed E-state index contributed by atoms with van der Waals surface area (Å²) in [5.41, 5.74) is 5.41. The van der Waals surface area contributed by atoms with Crippen LogP contribution in [0.1, 0.15) is 32.1 Å². The van der Waals surface area contributed by atoms with Crippen molar-refractivity contribution in [3.63, 3.8) is 0 Å². The molecule has 0 aliphatic carbocycles. The lowest BCUT2D eigenvalue weighted by molar-refractivity contribution is -0.121. The summed E-state index contributed by atoms with van der Waals surface area (Å²) in [6, 6.07) is 7.21. The average Bonchev–Trinajstić information content (AvgIpc) is 2.43. The van der Waals surface area contributed by atoms with Gasteiger partial charge in [0.1, 0.15) is 12.4 Å². The number of ether oxygens (including phenoxy) is 1. The first-order chi connectivity index (χ1) is 9.72. The minimum Gasteiger partial charge on any atom is -0.492 e. The molecular formula is C15H24Cl2N2O2. The van der Waals surface area contributed by atoms with Crippen molar-refractivity contribution in [2.24, 2.45) is 5.73 Å². The summed E-state index contributed by atoms with van der Waals surface area (Å²) in [6.45, 7) is 1.68. The highest BCUT2D eigenvalue weighted by Crippen LogP contribution is 2.16. The summed E-state index contributed by atoms with van der Waals surface area (Å²) < 4.78 is 5.48. The van der Waals surface area contributed by atoms with Crippen molar-refractivity contribution in [3.05, 3.63) is 29.3 Å². The van der Waals surface area contributed by atoms with E-state index in [9.17, 15) is 4.79 Å². The van der Waals surface area contributed by atoms with Crippen molar-refractivity contribution in [1.82, 2.24) is 5.32 Å². The van der Waals surface area contributed by atoms with Crippen LogP contribution in [0.3, 0.4) is 0 Å². The maximum Gasteiger partial charge on any atom is 0.220 e. The van der Waals surface area contributed by atoms with Crippen LogP contribution in [0.15, 0.2) is 24.3 Å². The Labute approximate surface area is 137 Å². The first kappa shape index (κ1) is 20.0. The fraction of sp³-hybridized carbons (Fsp3) is 0.533. The van der Waals surface area contributed by atoms with E-state index in [0.29, 0.717) is 30.3 Å². The molecule has 3 N–H and O–H groups in total. The van der Waals surface area contributed by atoms with Gasteiger partial charge in [0, 0.05) is 11.4 Å². The van der Waals surface area contributed by atoms with E-state index in [-0.39, 0.29) is 18.3 Å². The molecule has 0 saturated carbocycles. The van der Waals surface area contributed by atoms with E-state index >= 15 is 0 Å². The zero-order valence-corrected chi connectivity index (χ0v) is 13.7. The van der Waals surface area contributed by atoms with Gasteiger partial charge in [-0.3, -0.25) is 4.79 Å². The van der Waals surface area contributed by atoms with Crippen molar-refractivity contribution >= 4 is 29.9 Å². The highest BCUT2D eigenvalue weighted by Gasteiger charge is 2.01. The number of benzene rings is 1. The van der Waals surface area contributed by atoms with Crippen LogP contribution in [-0.4, -0.2) is 25.6 Å². The molecule has 0 radical (unpaired) electrons. The van der Waals surface area contributed by atoms with Gasteiger partial charge in [0.15, 0.2) is 0 Å². The zero-order valence-electron chi connectivity index (χ0n) is 12.1. The van der Waals surface area contributed by atoms with Gasteiger partial charge in [-0.2, -0.15) is 0 Å². The Hall–Kier alpha value is -0.970. The highest BCUT2D eigenvalue weighted by atomic mass is 35.5. The number of carbonyl (C=O) groups excluding carboxylic acids is 1. The van der Waals surface area contributed by atoms with Gasteiger partial charge in [0.2, 0.25) is 5.91 Å². The quantitative estimate of drug-likeness (QED) is 0.646. The third kappa shape index (κ3) is 10.4. The minimum absolute atomic E-state index is 0. The maximum atomic E-state index is 11.5. The Morgan fingerprint density at radius 3 is 2.71 bits per heavy atom. The molecule has 21 heavy (non-hydrogen) atoms. The number of unbranched alkanes of at least 4 members (excludes halogenated alkanes) is 3. The van der Waals surface area contributed by atoms with Crippen molar-refractivity contribution in [2.45, 2.75) is 32.1 Å². The summed E-state index contributed by atoms with van der Waals surface area (Å²) in [5.74, 6) is 0.793. The smallest absolute Gasteiger partial charge is 0.220 e. The van der Waals surface area contributed by atoms with Gasteiger partial charge in [-0.05, 0) is 37.6 Å². The van der Waals surface area contributed by atoms with E-state index in [1.54, 1.807) is 12.1 Å². The molecule has 1 aromatic carbocycles. The summed E-state index contributed by atoms with van der Waals surface area (Å²) in [7, 11) is 0. The first-order valence-electron chi connectivity index (χ1n) is 7.07. The molecule has 0 saturated heterocycles. The number of nitrogens with two attached hydrogens (primary N) is 1. The molecule has 0 unspecified atom stereocenters. The normalized spacial score (nSPS) is 9.81. The van der Waals surface area contributed by atoms with Crippen LogP contribution in [0.25, 0.3) is 0 Å². The topological polar surface area (TPSA) is 64.4 Å². The van der Waals surface area contributed by atoms with Crippen molar-refractivity contribution in [1.29, 1.82) is 0 Å². The molecule has 0 aromatic heterocycles. The maximum absolute atomic E-state index is 11.5. The van der Waals surface area contributed by atoms with Crippen LogP contribution >= 0.6 is 24.0 Å². The summed E-state index contributed by atoms with van der Waals surface area (Å²) in [6.07, 6.45) is 4.68. The van der Waals surface area contributed by atoms with Crippen LogP contribution in [0.5, 0.6) is 5.75 Å². The standard InChI is InChI=1S/C15H23ClN2O2.ClH/c16-13-6-5-7-14(12-13)20-11-10-18-15(19)8-3-1-2-4-9-17;/h5-7,12H,1-4,8-11,17H2,(H,18,19);1H. The molecule has 6 heteroatoms. The van der Waals surface area contributed by atoms with Gasteiger partial charge in [0.05, 0.1) is 6.54 Å². The van der Waals surface area contributed by atoms with E-state index in [0.717, 1.165) is 32.2 Å². The van der Waals surface area contributed by atoms with E-state index in [1.807, 2.05) is 12.1 Å². The molecule has 4 nitrogen and oxygen atoms in total. The molecule has 1 amide bonds. The van der Waals surface area contributed by atoms with E-state index < -0.39 is 0 Å². The lowest BCUT2D eigenvalue weighted by Gasteiger charge is -2.08. The molecule has 0 heterocycles. The molecular weight excluding hydrogens is 311 g/mol. The molecule has 0 spiro atoms. The Kier molecular flexibility index (Phi) is 12.2. The van der Waals surface area contributed by atoms with Crippen LogP contribution in [-0.2, 0) is 4.79 Å². The first-order valence-corrected chi connectivity index (χ1v) is 7.45. The fourth-order valence-electron chi connectivity index (χ4n) is 1.79. The minimum atomic E-state index is 0. The molecule has 0 bridgehead atoms. The number of halogens is 2. The molecule has 1 rings (SSSR count). The van der Waals surface area contributed by atoms with Crippen LogP contribution in [0, 0.1) is 0 Å². The number of rotatable bonds is 10. The van der Waals surface area contributed by atoms with Crippen molar-refractivity contribution < 1.29 is 9.53 Å². The van der Waals surface area contributed by atoms with E-state index in [1.165, 1.54) is 0 Å². The molecule has 1 aromatic rings. The van der Waals surface area contributed by atoms with Crippen molar-refractivity contribution in [2.75, 3.05) is 19.7 Å². The van der Waals surface area contributed by atoms with Gasteiger partial charge in [0.25, 0.3) is 0 Å². The molecule has 0 fully saturated rings. The van der Waals surface area contributed by atoms with Gasteiger partial charge >= 0.3 is 0 Å². The molecule has 120 valence electrons. The average molecular weight is 335 g/mol. The largest absolute Gasteiger partial charge is 0.492 e. The van der Waals surface area contributed by atoms with E-state index in [2.05, 4.69) is 5.32 Å². The Morgan fingerprint density at radius 1 is 1.24 bits per heavy atom. The lowest BCUT2D eigenvalue weighted by Crippen LogP contribution is -2.27. The molecule has 0 atom stereocenters. The lowest BCUT2D eigenvalue weighted by atomic mass is 10.1. The molecule has 0 aliphatic rings. The van der Waals surface area contributed by atoms with Gasteiger partial charge < -0.3 is 15.8 Å². The third-order valence-electron chi connectivity index (χ3n) is 2.85. The Balaban J connectivity index is 0.00000400. The fourth-order valence-corrected chi connectivity index (χ4v) is 1.97. The number of amides is 1. The number of nitrogens with one attached hydrogen (secondary N) is 1. The number of hydrogen-bond acceptors (Lipinski definition) is 3. The SMILES string of the molecule is Cl.NCCCCCCC(=O)NCCOc1cccc(Cl)c1. The van der Waals surface area contributed by atoms with Gasteiger partial charge in [-0.25, -0.2) is 0 Å². The Morgan fingerprint density at radius 2 is 2.00 bits per heavy atom. The van der Waals surface area contributed by atoms with Crippen molar-refractivity contribution in [3.8, 4) is 5.75 Å². The molecule has 0 aliphatic heterocycles.